The van der Waals surface area contributed by atoms with E-state index in [9.17, 15) is 17.4 Å². The highest BCUT2D eigenvalue weighted by Gasteiger charge is 2.33. The molecule has 0 atom stereocenters. The predicted molar refractivity (Wildman–Crippen MR) is 68.2 cm³/mol. The van der Waals surface area contributed by atoms with E-state index in [1.165, 1.54) is 0 Å². The average molecular weight is 293 g/mol. The zero-order chi connectivity index (χ0) is 14.0. The third-order valence-electron chi connectivity index (χ3n) is 2.97. The Hall–Kier alpha value is -1.31. The molecule has 2 rings (SSSR count). The Morgan fingerprint density at radius 3 is 2.58 bits per heavy atom. The molecule has 0 unspecified atom stereocenters. The summed E-state index contributed by atoms with van der Waals surface area (Å²) in [5.41, 5.74) is 5.07. The molecule has 0 spiro atoms. The van der Waals surface area contributed by atoms with E-state index in [4.69, 9.17) is 5.73 Å². The lowest BCUT2D eigenvalue weighted by Crippen LogP contribution is -2.29. The van der Waals surface area contributed by atoms with Crippen molar-refractivity contribution in [2.24, 2.45) is 0 Å². The van der Waals surface area contributed by atoms with Gasteiger partial charge in [-0.05, 0) is 18.9 Å². The molecule has 1 aromatic heterocycles. The quantitative estimate of drug-likeness (QED) is 0.875. The summed E-state index contributed by atoms with van der Waals surface area (Å²) in [6.45, 7) is 0. The molecule has 0 amide bonds. The van der Waals surface area contributed by atoms with Gasteiger partial charge in [0, 0.05) is 28.3 Å². The number of nitrogens with zero attached hydrogens (tertiary/aromatic N) is 1. The molecular weight excluding hydrogens is 279 g/mol. The maximum absolute atomic E-state index is 12.6. The Balaban J connectivity index is 2.13. The van der Waals surface area contributed by atoms with Gasteiger partial charge < -0.3 is 11.1 Å². The highest BCUT2D eigenvalue weighted by atomic mass is 32.2. The first-order valence-corrected chi connectivity index (χ1v) is 7.29. The molecule has 1 aliphatic heterocycles. The third-order valence-corrected chi connectivity index (χ3v) is 4.35. The van der Waals surface area contributed by atoms with Gasteiger partial charge in [-0.2, -0.15) is 13.2 Å². The lowest BCUT2D eigenvalue weighted by atomic mass is 10.1. The van der Waals surface area contributed by atoms with Gasteiger partial charge in [0.1, 0.15) is 5.69 Å². The van der Waals surface area contributed by atoms with E-state index >= 15 is 0 Å². The van der Waals surface area contributed by atoms with E-state index in [1.807, 2.05) is 0 Å². The number of halogens is 3. The van der Waals surface area contributed by atoms with Crippen LogP contribution in [0.5, 0.6) is 0 Å². The normalized spacial score (nSPS) is 24.2. The van der Waals surface area contributed by atoms with Crippen LogP contribution in [0.25, 0.3) is 0 Å². The van der Waals surface area contributed by atoms with Crippen molar-refractivity contribution in [2.45, 2.75) is 25.1 Å². The molecule has 0 aromatic carbocycles. The van der Waals surface area contributed by atoms with Crippen LogP contribution in [-0.2, 0) is 17.0 Å². The van der Waals surface area contributed by atoms with Crippen LogP contribution in [-0.4, -0.2) is 26.7 Å². The van der Waals surface area contributed by atoms with Crippen molar-refractivity contribution in [1.29, 1.82) is 0 Å². The van der Waals surface area contributed by atoms with E-state index in [-0.39, 0.29) is 17.4 Å². The number of nitrogen functional groups attached to an aromatic ring is 1. The summed E-state index contributed by atoms with van der Waals surface area (Å²) < 4.78 is 48.9. The monoisotopic (exact) mass is 293 g/mol. The Morgan fingerprint density at radius 1 is 1.37 bits per heavy atom. The Morgan fingerprint density at radius 2 is 2.00 bits per heavy atom. The van der Waals surface area contributed by atoms with Gasteiger partial charge in [-0.25, -0.2) is 4.98 Å². The van der Waals surface area contributed by atoms with Crippen LogP contribution < -0.4 is 11.1 Å². The number of anilines is 2. The molecule has 106 valence electrons. The molecule has 0 aliphatic carbocycles. The average Bonchev–Trinajstić information content (AvgIpc) is 2.33. The molecular formula is C11H14F3N3OS. The van der Waals surface area contributed by atoms with Crippen LogP contribution in [0.15, 0.2) is 12.3 Å². The minimum Gasteiger partial charge on any atom is -0.396 e. The Bertz CT molecular complexity index is 483. The summed E-state index contributed by atoms with van der Waals surface area (Å²) in [6.07, 6.45) is -2.16. The molecule has 1 fully saturated rings. The smallest absolute Gasteiger partial charge is 0.396 e. The fraction of sp³-hybridized carbons (Fsp3) is 0.545. The second-order valence-corrected chi connectivity index (χ2v) is 6.12. The van der Waals surface area contributed by atoms with Crippen molar-refractivity contribution in [3.05, 3.63) is 18.0 Å². The van der Waals surface area contributed by atoms with E-state index in [0.29, 0.717) is 24.3 Å². The van der Waals surface area contributed by atoms with Crippen LogP contribution >= 0.6 is 0 Å². The van der Waals surface area contributed by atoms with E-state index in [2.05, 4.69) is 10.3 Å². The van der Waals surface area contributed by atoms with Gasteiger partial charge >= 0.3 is 6.18 Å². The van der Waals surface area contributed by atoms with Gasteiger partial charge in [0.2, 0.25) is 0 Å². The van der Waals surface area contributed by atoms with Crippen molar-refractivity contribution >= 4 is 22.2 Å². The molecule has 1 aliphatic rings. The van der Waals surface area contributed by atoms with Crippen molar-refractivity contribution in [1.82, 2.24) is 4.98 Å². The summed E-state index contributed by atoms with van der Waals surface area (Å²) in [7, 11) is -0.806. The Kier molecular flexibility index (Phi) is 3.98. The van der Waals surface area contributed by atoms with Crippen LogP contribution in [0.4, 0.5) is 24.5 Å². The standard InChI is InChI=1S/C11H14F3N3OS/c12-11(13,14)10-5-9(8(15)6-16-10)17-7-1-3-19(18)4-2-7/h5-7H,1-4,15H2,(H,16,17). The third kappa shape index (κ3) is 3.59. The van der Waals surface area contributed by atoms with Crippen molar-refractivity contribution in [3.63, 3.8) is 0 Å². The molecule has 1 saturated heterocycles. The van der Waals surface area contributed by atoms with Crippen molar-refractivity contribution in [2.75, 3.05) is 22.6 Å². The summed E-state index contributed by atoms with van der Waals surface area (Å²) in [6, 6.07) is 0.921. The SMILES string of the molecule is Nc1cnc(C(F)(F)F)cc1NC1CCS(=O)CC1. The molecule has 0 radical (unpaired) electrons. The topological polar surface area (TPSA) is 68.0 Å². The fourth-order valence-corrected chi connectivity index (χ4v) is 3.20. The van der Waals surface area contributed by atoms with Gasteiger partial charge in [0.15, 0.2) is 0 Å². The first kappa shape index (κ1) is 14.1. The van der Waals surface area contributed by atoms with Crippen LogP contribution in [0.2, 0.25) is 0 Å². The van der Waals surface area contributed by atoms with Gasteiger partial charge in [-0.1, -0.05) is 0 Å². The van der Waals surface area contributed by atoms with Gasteiger partial charge in [-0.3, -0.25) is 4.21 Å². The van der Waals surface area contributed by atoms with Crippen LogP contribution in [0.1, 0.15) is 18.5 Å². The van der Waals surface area contributed by atoms with E-state index in [0.717, 1.165) is 12.3 Å². The number of alkyl halides is 3. The highest BCUT2D eigenvalue weighted by molar-refractivity contribution is 7.85. The lowest BCUT2D eigenvalue weighted by molar-refractivity contribution is -0.141. The molecule has 0 saturated carbocycles. The second kappa shape index (κ2) is 5.36. The van der Waals surface area contributed by atoms with Gasteiger partial charge in [0.25, 0.3) is 0 Å². The summed E-state index contributed by atoms with van der Waals surface area (Å²) in [4.78, 5) is 3.28. The predicted octanol–water partition coefficient (Wildman–Crippen LogP) is 2.01. The van der Waals surface area contributed by atoms with E-state index < -0.39 is 22.7 Å². The molecule has 8 heteroatoms. The molecule has 2 heterocycles. The molecule has 19 heavy (non-hydrogen) atoms. The molecule has 1 aromatic rings. The maximum Gasteiger partial charge on any atom is 0.433 e. The zero-order valence-corrected chi connectivity index (χ0v) is 10.9. The molecule has 3 N–H and O–H groups in total. The van der Waals surface area contributed by atoms with Crippen LogP contribution in [0, 0.1) is 0 Å². The largest absolute Gasteiger partial charge is 0.433 e. The maximum atomic E-state index is 12.6. The number of hydrogen-bond acceptors (Lipinski definition) is 4. The summed E-state index contributed by atoms with van der Waals surface area (Å²) in [5.74, 6) is 1.13. The van der Waals surface area contributed by atoms with E-state index in [1.54, 1.807) is 0 Å². The number of nitrogens with two attached hydrogens (primary N) is 1. The number of rotatable bonds is 2. The Labute approximate surface area is 111 Å². The number of aromatic nitrogens is 1. The first-order chi connectivity index (χ1) is 8.86. The lowest BCUT2D eigenvalue weighted by Gasteiger charge is -2.24. The second-order valence-electron chi connectivity index (χ2n) is 4.42. The van der Waals surface area contributed by atoms with Crippen molar-refractivity contribution < 1.29 is 17.4 Å². The zero-order valence-electron chi connectivity index (χ0n) is 10.0. The number of hydrogen-bond donors (Lipinski definition) is 2. The number of nitrogens with one attached hydrogen (secondary N) is 1. The minimum atomic E-state index is -4.49. The highest BCUT2D eigenvalue weighted by Crippen LogP contribution is 2.31. The van der Waals surface area contributed by atoms with Crippen LogP contribution in [0.3, 0.4) is 0 Å². The van der Waals surface area contributed by atoms with Gasteiger partial charge in [0.05, 0.1) is 17.6 Å². The summed E-state index contributed by atoms with van der Waals surface area (Å²) in [5, 5.41) is 2.98. The van der Waals surface area contributed by atoms with Crippen molar-refractivity contribution in [3.8, 4) is 0 Å². The van der Waals surface area contributed by atoms with Gasteiger partial charge in [-0.15, -0.1) is 0 Å². The number of pyridine rings is 1. The fourth-order valence-electron chi connectivity index (χ4n) is 1.90. The summed E-state index contributed by atoms with van der Waals surface area (Å²) >= 11 is 0. The molecule has 0 bridgehead atoms. The first-order valence-electron chi connectivity index (χ1n) is 5.80. The minimum absolute atomic E-state index is 0.00323. The molecule has 4 nitrogen and oxygen atoms in total.